The summed E-state index contributed by atoms with van der Waals surface area (Å²) in [6, 6.07) is 11.7. The van der Waals surface area contributed by atoms with Gasteiger partial charge in [0.25, 0.3) is 5.91 Å². The van der Waals surface area contributed by atoms with Crippen LogP contribution in [0.3, 0.4) is 0 Å². The minimum Gasteiger partial charge on any atom is -0.339 e. The molecule has 2 aromatic rings. The van der Waals surface area contributed by atoms with Gasteiger partial charge in [0.15, 0.2) is 0 Å². The van der Waals surface area contributed by atoms with E-state index in [0.29, 0.717) is 10.8 Å². The number of amides is 1. The van der Waals surface area contributed by atoms with Crippen LogP contribution in [0.5, 0.6) is 0 Å². The molecule has 3 rings (SSSR count). The van der Waals surface area contributed by atoms with Gasteiger partial charge in [0, 0.05) is 40.1 Å². The SMILES string of the molecule is Cc1ccc(C(=O)N2CCC(Sc3ccc(Cl)cc3)CC2)cn1. The van der Waals surface area contributed by atoms with E-state index in [1.165, 1.54) is 4.90 Å². The fourth-order valence-corrected chi connectivity index (χ4v) is 3.91. The van der Waals surface area contributed by atoms with Crippen LogP contribution >= 0.6 is 23.4 Å². The first-order chi connectivity index (χ1) is 11.1. The van der Waals surface area contributed by atoms with Crippen molar-refractivity contribution in [3.63, 3.8) is 0 Å². The molecule has 1 aromatic carbocycles. The molecule has 0 radical (unpaired) electrons. The van der Waals surface area contributed by atoms with E-state index < -0.39 is 0 Å². The van der Waals surface area contributed by atoms with Crippen molar-refractivity contribution < 1.29 is 4.79 Å². The van der Waals surface area contributed by atoms with Crippen LogP contribution in [0.1, 0.15) is 28.9 Å². The number of carbonyl (C=O) groups excluding carboxylic acids is 1. The molecule has 1 aliphatic rings. The van der Waals surface area contributed by atoms with Crippen LogP contribution in [0.25, 0.3) is 0 Å². The highest BCUT2D eigenvalue weighted by molar-refractivity contribution is 8.00. The highest BCUT2D eigenvalue weighted by Gasteiger charge is 2.24. The van der Waals surface area contributed by atoms with Gasteiger partial charge >= 0.3 is 0 Å². The lowest BCUT2D eigenvalue weighted by molar-refractivity contribution is 0.0727. The topological polar surface area (TPSA) is 33.2 Å². The van der Waals surface area contributed by atoms with Crippen LogP contribution in [-0.4, -0.2) is 34.1 Å². The van der Waals surface area contributed by atoms with Crippen LogP contribution in [0, 0.1) is 6.92 Å². The van der Waals surface area contributed by atoms with Crippen molar-refractivity contribution in [3.8, 4) is 0 Å². The smallest absolute Gasteiger partial charge is 0.255 e. The van der Waals surface area contributed by atoms with Gasteiger partial charge in [0.05, 0.1) is 5.56 Å². The highest BCUT2D eigenvalue weighted by Crippen LogP contribution is 2.31. The van der Waals surface area contributed by atoms with E-state index in [9.17, 15) is 4.79 Å². The van der Waals surface area contributed by atoms with Crippen molar-refractivity contribution in [3.05, 3.63) is 58.9 Å². The maximum absolute atomic E-state index is 12.5. The average molecular weight is 347 g/mol. The van der Waals surface area contributed by atoms with Crippen molar-refractivity contribution in [2.45, 2.75) is 29.9 Å². The van der Waals surface area contributed by atoms with Gasteiger partial charge in [-0.05, 0) is 56.2 Å². The van der Waals surface area contributed by atoms with Gasteiger partial charge in [0.1, 0.15) is 0 Å². The molecule has 0 aliphatic carbocycles. The van der Waals surface area contributed by atoms with Gasteiger partial charge < -0.3 is 4.90 Å². The molecule has 0 bridgehead atoms. The number of carbonyl (C=O) groups is 1. The van der Waals surface area contributed by atoms with Crippen molar-refractivity contribution >= 4 is 29.3 Å². The first kappa shape index (κ1) is 16.3. The minimum absolute atomic E-state index is 0.0902. The second kappa shape index (κ2) is 7.37. The van der Waals surface area contributed by atoms with Gasteiger partial charge in [-0.15, -0.1) is 11.8 Å². The third-order valence-electron chi connectivity index (χ3n) is 4.00. The third kappa shape index (κ3) is 4.27. The summed E-state index contributed by atoms with van der Waals surface area (Å²) < 4.78 is 0. The molecule has 1 aliphatic heterocycles. The summed E-state index contributed by atoms with van der Waals surface area (Å²) >= 11 is 7.79. The molecular formula is C18H19ClN2OS. The zero-order valence-electron chi connectivity index (χ0n) is 13.0. The number of hydrogen-bond acceptors (Lipinski definition) is 3. The maximum atomic E-state index is 12.5. The number of benzene rings is 1. The zero-order valence-corrected chi connectivity index (χ0v) is 14.6. The number of piperidine rings is 1. The second-order valence-electron chi connectivity index (χ2n) is 5.75. The molecule has 0 unspecified atom stereocenters. The molecule has 1 amide bonds. The maximum Gasteiger partial charge on any atom is 0.255 e. The molecule has 0 atom stereocenters. The monoisotopic (exact) mass is 346 g/mol. The number of rotatable bonds is 3. The summed E-state index contributed by atoms with van der Waals surface area (Å²) in [6.07, 6.45) is 3.70. The molecule has 1 fully saturated rings. The first-order valence-corrected chi connectivity index (χ1v) is 9.02. The van der Waals surface area contributed by atoms with E-state index in [1.54, 1.807) is 6.20 Å². The standard InChI is InChI=1S/C18H19ClN2OS/c1-13-2-3-14(12-20-13)18(22)21-10-8-17(9-11-21)23-16-6-4-15(19)5-7-16/h2-7,12,17H,8-11H2,1H3. The number of nitrogens with zero attached hydrogens (tertiary/aromatic N) is 2. The van der Waals surface area contributed by atoms with Gasteiger partial charge in [0.2, 0.25) is 0 Å². The Morgan fingerprint density at radius 3 is 2.48 bits per heavy atom. The van der Waals surface area contributed by atoms with Crippen LogP contribution in [0.2, 0.25) is 5.02 Å². The van der Waals surface area contributed by atoms with E-state index in [4.69, 9.17) is 11.6 Å². The molecule has 0 saturated carbocycles. The average Bonchev–Trinajstić information content (AvgIpc) is 2.58. The summed E-state index contributed by atoms with van der Waals surface area (Å²) in [5, 5.41) is 1.32. The Labute approximate surface area is 146 Å². The summed E-state index contributed by atoms with van der Waals surface area (Å²) in [4.78, 5) is 19.9. The lowest BCUT2D eigenvalue weighted by Gasteiger charge is -2.31. The van der Waals surface area contributed by atoms with Crippen LogP contribution < -0.4 is 0 Å². The molecular weight excluding hydrogens is 328 g/mol. The lowest BCUT2D eigenvalue weighted by atomic mass is 10.1. The van der Waals surface area contributed by atoms with Crippen LogP contribution in [0.4, 0.5) is 0 Å². The van der Waals surface area contributed by atoms with Gasteiger partial charge in [-0.25, -0.2) is 0 Å². The summed E-state index contributed by atoms with van der Waals surface area (Å²) in [5.74, 6) is 0.0902. The number of pyridine rings is 1. The Kier molecular flexibility index (Phi) is 5.23. The number of likely N-dealkylation sites (tertiary alicyclic amines) is 1. The fourth-order valence-electron chi connectivity index (χ4n) is 2.66. The largest absolute Gasteiger partial charge is 0.339 e. The zero-order chi connectivity index (χ0) is 16.2. The molecule has 0 spiro atoms. The molecule has 1 saturated heterocycles. The van der Waals surface area contributed by atoms with Crippen molar-refractivity contribution in [1.29, 1.82) is 0 Å². The number of halogens is 1. The Bertz CT molecular complexity index is 664. The Morgan fingerprint density at radius 2 is 1.87 bits per heavy atom. The third-order valence-corrected chi connectivity index (χ3v) is 5.60. The van der Waals surface area contributed by atoms with Crippen molar-refractivity contribution in [1.82, 2.24) is 9.88 Å². The molecule has 23 heavy (non-hydrogen) atoms. The molecule has 1 aromatic heterocycles. The number of aryl methyl sites for hydroxylation is 1. The van der Waals surface area contributed by atoms with Gasteiger partial charge in [-0.3, -0.25) is 9.78 Å². The summed E-state index contributed by atoms with van der Waals surface area (Å²) in [7, 11) is 0. The molecule has 120 valence electrons. The minimum atomic E-state index is 0.0902. The predicted octanol–water partition coefficient (Wildman–Crippen LogP) is 4.44. The number of aromatic nitrogens is 1. The van der Waals surface area contributed by atoms with Gasteiger partial charge in [-0.1, -0.05) is 11.6 Å². The Hall–Kier alpha value is -1.52. The van der Waals surface area contributed by atoms with E-state index in [2.05, 4.69) is 17.1 Å². The number of hydrogen-bond donors (Lipinski definition) is 0. The molecule has 2 heterocycles. The first-order valence-electron chi connectivity index (χ1n) is 7.76. The second-order valence-corrected chi connectivity index (χ2v) is 7.56. The summed E-state index contributed by atoms with van der Waals surface area (Å²) in [6.45, 7) is 3.53. The van der Waals surface area contributed by atoms with Crippen LogP contribution in [0.15, 0.2) is 47.5 Å². The number of thioether (sulfide) groups is 1. The van der Waals surface area contributed by atoms with Gasteiger partial charge in [-0.2, -0.15) is 0 Å². The van der Waals surface area contributed by atoms with E-state index in [-0.39, 0.29) is 5.91 Å². The van der Waals surface area contributed by atoms with E-state index in [0.717, 1.165) is 36.6 Å². The lowest BCUT2D eigenvalue weighted by Crippen LogP contribution is -2.39. The predicted molar refractivity (Wildman–Crippen MR) is 95.2 cm³/mol. The van der Waals surface area contributed by atoms with E-state index >= 15 is 0 Å². The molecule has 0 N–H and O–H groups in total. The Morgan fingerprint density at radius 1 is 1.17 bits per heavy atom. The Balaban J connectivity index is 1.54. The molecule has 5 heteroatoms. The summed E-state index contributed by atoms with van der Waals surface area (Å²) in [5.41, 5.74) is 1.61. The molecule has 3 nitrogen and oxygen atoms in total. The quantitative estimate of drug-likeness (QED) is 0.823. The van der Waals surface area contributed by atoms with Crippen molar-refractivity contribution in [2.75, 3.05) is 13.1 Å². The van der Waals surface area contributed by atoms with Crippen molar-refractivity contribution in [2.24, 2.45) is 0 Å². The normalized spacial score (nSPS) is 15.7. The van der Waals surface area contributed by atoms with E-state index in [1.807, 2.05) is 47.9 Å². The highest BCUT2D eigenvalue weighted by atomic mass is 35.5. The van der Waals surface area contributed by atoms with Crippen LogP contribution in [-0.2, 0) is 0 Å². The fraction of sp³-hybridized carbons (Fsp3) is 0.333.